The van der Waals surface area contributed by atoms with Gasteiger partial charge in [0.25, 0.3) is 5.91 Å². The van der Waals surface area contributed by atoms with Crippen molar-refractivity contribution in [3.63, 3.8) is 0 Å². The van der Waals surface area contributed by atoms with Crippen LogP contribution in [0.15, 0.2) is 66.9 Å². The molecule has 0 saturated carbocycles. The summed E-state index contributed by atoms with van der Waals surface area (Å²) < 4.78 is 0. The van der Waals surface area contributed by atoms with Crippen LogP contribution in [0, 0.1) is 6.92 Å². The topological polar surface area (TPSA) is 57.3 Å². The lowest BCUT2D eigenvalue weighted by atomic mass is 10.2. The van der Waals surface area contributed by atoms with Gasteiger partial charge < -0.3 is 15.5 Å². The van der Waals surface area contributed by atoms with Crippen LogP contribution in [0.3, 0.4) is 0 Å². The van der Waals surface area contributed by atoms with Crippen molar-refractivity contribution >= 4 is 28.8 Å². The highest BCUT2D eigenvalue weighted by Gasteiger charge is 2.12. The number of hydrogen-bond donors (Lipinski definition) is 2. The molecule has 5 nitrogen and oxygen atoms in total. The largest absolute Gasteiger partial charge is 0.372 e. The Bertz CT molecular complexity index is 928. The van der Waals surface area contributed by atoms with Crippen LogP contribution in [0.4, 0.5) is 22.9 Å². The van der Waals surface area contributed by atoms with Crippen molar-refractivity contribution in [2.75, 3.05) is 28.6 Å². The molecule has 28 heavy (non-hydrogen) atoms. The highest BCUT2D eigenvalue weighted by atomic mass is 16.1. The number of rotatable bonds is 5. The van der Waals surface area contributed by atoms with E-state index >= 15 is 0 Å². The summed E-state index contributed by atoms with van der Waals surface area (Å²) in [5.74, 6) is 0.540. The number of anilines is 4. The van der Waals surface area contributed by atoms with Crippen LogP contribution in [0.5, 0.6) is 0 Å². The summed E-state index contributed by atoms with van der Waals surface area (Å²) in [5, 5.41) is 6.17. The second-order valence-electron chi connectivity index (χ2n) is 7.12. The van der Waals surface area contributed by atoms with Gasteiger partial charge in [-0.3, -0.25) is 4.79 Å². The summed E-state index contributed by atoms with van der Waals surface area (Å²) in [6.07, 6.45) is 4.09. The molecule has 1 saturated heterocycles. The van der Waals surface area contributed by atoms with Gasteiger partial charge in [-0.2, -0.15) is 0 Å². The molecule has 1 aliphatic heterocycles. The molecule has 2 heterocycles. The van der Waals surface area contributed by atoms with Crippen LogP contribution in [0.1, 0.15) is 28.8 Å². The van der Waals surface area contributed by atoms with E-state index in [4.69, 9.17) is 0 Å². The van der Waals surface area contributed by atoms with Gasteiger partial charge in [0, 0.05) is 36.3 Å². The number of carbonyl (C=O) groups excluding carboxylic acids is 1. The molecule has 3 aromatic rings. The zero-order valence-electron chi connectivity index (χ0n) is 16.0. The van der Waals surface area contributed by atoms with E-state index in [9.17, 15) is 4.79 Å². The van der Waals surface area contributed by atoms with Crippen molar-refractivity contribution in [1.29, 1.82) is 0 Å². The molecular weight excluding hydrogens is 348 g/mol. The molecule has 5 heteroatoms. The maximum absolute atomic E-state index is 12.5. The zero-order chi connectivity index (χ0) is 19.3. The second-order valence-corrected chi connectivity index (χ2v) is 7.12. The summed E-state index contributed by atoms with van der Waals surface area (Å²) in [5.41, 5.74) is 4.70. The Morgan fingerprint density at radius 2 is 1.57 bits per heavy atom. The lowest BCUT2D eigenvalue weighted by Crippen LogP contribution is -2.17. The van der Waals surface area contributed by atoms with Gasteiger partial charge in [-0.05, 0) is 68.3 Å². The molecule has 0 aliphatic carbocycles. The predicted octanol–water partition coefficient (Wildman–Crippen LogP) is 4.99. The third-order valence-electron chi connectivity index (χ3n) is 4.95. The van der Waals surface area contributed by atoms with Gasteiger partial charge in [0.15, 0.2) is 0 Å². The first-order valence-electron chi connectivity index (χ1n) is 9.63. The fourth-order valence-electron chi connectivity index (χ4n) is 3.32. The van der Waals surface area contributed by atoms with E-state index in [0.717, 1.165) is 24.5 Å². The smallest absolute Gasteiger partial charge is 0.257 e. The highest BCUT2D eigenvalue weighted by Crippen LogP contribution is 2.22. The Kier molecular flexibility index (Phi) is 5.24. The lowest BCUT2D eigenvalue weighted by molar-refractivity contribution is 0.102. The van der Waals surface area contributed by atoms with Crippen molar-refractivity contribution in [3.8, 4) is 0 Å². The van der Waals surface area contributed by atoms with Crippen molar-refractivity contribution in [3.05, 3.63) is 78.0 Å². The van der Waals surface area contributed by atoms with Gasteiger partial charge in [0.1, 0.15) is 5.82 Å². The molecule has 1 amide bonds. The molecule has 0 spiro atoms. The molecule has 1 aromatic heterocycles. The van der Waals surface area contributed by atoms with Crippen LogP contribution in [0.2, 0.25) is 0 Å². The predicted molar refractivity (Wildman–Crippen MR) is 115 cm³/mol. The monoisotopic (exact) mass is 372 g/mol. The summed E-state index contributed by atoms with van der Waals surface area (Å²) in [6, 6.07) is 19.7. The minimum atomic E-state index is -0.164. The van der Waals surface area contributed by atoms with Crippen molar-refractivity contribution in [2.24, 2.45) is 0 Å². The number of hydrogen-bond acceptors (Lipinski definition) is 4. The molecular formula is C23H24N4O. The van der Waals surface area contributed by atoms with Gasteiger partial charge >= 0.3 is 0 Å². The number of pyridine rings is 1. The Morgan fingerprint density at radius 3 is 2.21 bits per heavy atom. The first-order valence-corrected chi connectivity index (χ1v) is 9.63. The fourth-order valence-corrected chi connectivity index (χ4v) is 3.32. The normalized spacial score (nSPS) is 13.4. The van der Waals surface area contributed by atoms with E-state index in [1.807, 2.05) is 42.5 Å². The average molecular weight is 372 g/mol. The van der Waals surface area contributed by atoms with E-state index in [1.165, 1.54) is 24.1 Å². The van der Waals surface area contributed by atoms with E-state index in [1.54, 1.807) is 12.3 Å². The average Bonchev–Trinajstić information content (AvgIpc) is 3.26. The van der Waals surface area contributed by atoms with Gasteiger partial charge in [0.2, 0.25) is 0 Å². The number of carbonyl (C=O) groups is 1. The Labute approximate surface area is 165 Å². The fraction of sp³-hybridized carbons (Fsp3) is 0.217. The third kappa shape index (κ3) is 4.31. The number of nitrogens with one attached hydrogen (secondary N) is 2. The van der Waals surface area contributed by atoms with E-state index < -0.39 is 0 Å². The highest BCUT2D eigenvalue weighted by molar-refractivity contribution is 6.04. The molecule has 2 aromatic carbocycles. The Balaban J connectivity index is 1.37. The molecule has 1 fully saturated rings. The molecule has 4 rings (SSSR count). The molecule has 0 radical (unpaired) electrons. The first-order chi connectivity index (χ1) is 13.7. The number of aryl methyl sites for hydroxylation is 1. The number of aromatic nitrogens is 1. The number of benzene rings is 2. The van der Waals surface area contributed by atoms with E-state index in [2.05, 4.69) is 39.6 Å². The van der Waals surface area contributed by atoms with Crippen LogP contribution in [0.25, 0.3) is 0 Å². The zero-order valence-corrected chi connectivity index (χ0v) is 16.0. The second kappa shape index (κ2) is 8.13. The van der Waals surface area contributed by atoms with Crippen LogP contribution >= 0.6 is 0 Å². The lowest BCUT2D eigenvalue weighted by Gasteiger charge is -2.17. The molecule has 0 atom stereocenters. The Morgan fingerprint density at radius 1 is 0.893 bits per heavy atom. The first kappa shape index (κ1) is 18.0. The molecule has 0 bridgehead atoms. The SMILES string of the molecule is Cc1ccc(Nc2ccc(C(=O)Nc3ccc(N4CCCC4)cc3)cn2)cc1. The van der Waals surface area contributed by atoms with Gasteiger partial charge in [-0.15, -0.1) is 0 Å². The van der Waals surface area contributed by atoms with Crippen LogP contribution in [-0.2, 0) is 0 Å². The summed E-state index contributed by atoms with van der Waals surface area (Å²) >= 11 is 0. The summed E-state index contributed by atoms with van der Waals surface area (Å²) in [6.45, 7) is 4.27. The van der Waals surface area contributed by atoms with Crippen molar-refractivity contribution < 1.29 is 4.79 Å². The minimum absolute atomic E-state index is 0.164. The van der Waals surface area contributed by atoms with Gasteiger partial charge in [0.05, 0.1) is 5.56 Å². The van der Waals surface area contributed by atoms with E-state index in [0.29, 0.717) is 11.4 Å². The van der Waals surface area contributed by atoms with Crippen molar-refractivity contribution in [2.45, 2.75) is 19.8 Å². The van der Waals surface area contributed by atoms with Crippen molar-refractivity contribution in [1.82, 2.24) is 4.98 Å². The van der Waals surface area contributed by atoms with E-state index in [-0.39, 0.29) is 5.91 Å². The number of nitrogens with zero attached hydrogens (tertiary/aromatic N) is 2. The molecule has 2 N–H and O–H groups in total. The Hall–Kier alpha value is -3.34. The maximum atomic E-state index is 12.5. The van der Waals surface area contributed by atoms with Gasteiger partial charge in [-0.25, -0.2) is 4.98 Å². The molecule has 0 unspecified atom stereocenters. The minimum Gasteiger partial charge on any atom is -0.372 e. The summed E-state index contributed by atoms with van der Waals surface area (Å²) in [4.78, 5) is 19.2. The van der Waals surface area contributed by atoms with Crippen LogP contribution in [-0.4, -0.2) is 24.0 Å². The van der Waals surface area contributed by atoms with Gasteiger partial charge in [-0.1, -0.05) is 17.7 Å². The molecule has 142 valence electrons. The standard InChI is InChI=1S/C23H24N4O/c1-17-4-7-19(8-5-17)25-22-13-6-18(16-24-22)23(28)26-20-9-11-21(12-10-20)27-14-2-3-15-27/h4-13,16H,2-3,14-15H2,1H3,(H,24,25)(H,26,28). The third-order valence-corrected chi connectivity index (χ3v) is 4.95. The summed E-state index contributed by atoms with van der Waals surface area (Å²) in [7, 11) is 0. The molecule has 1 aliphatic rings. The number of amides is 1. The maximum Gasteiger partial charge on any atom is 0.257 e. The van der Waals surface area contributed by atoms with Crippen LogP contribution < -0.4 is 15.5 Å². The quantitative estimate of drug-likeness (QED) is 0.663.